The molecule has 0 saturated carbocycles. The van der Waals surface area contributed by atoms with E-state index in [0.717, 1.165) is 5.56 Å². The first-order valence-electron chi connectivity index (χ1n) is 4.77. The average Bonchev–Trinajstić information content (AvgIpc) is 2.41. The highest BCUT2D eigenvalue weighted by Crippen LogP contribution is 2.20. The van der Waals surface area contributed by atoms with Crippen molar-refractivity contribution in [3.63, 3.8) is 0 Å². The van der Waals surface area contributed by atoms with Gasteiger partial charge >= 0.3 is 5.97 Å². The van der Waals surface area contributed by atoms with Crippen molar-refractivity contribution < 1.29 is 14.7 Å². The lowest BCUT2D eigenvalue weighted by Crippen LogP contribution is -2.01. The minimum atomic E-state index is -1.08. The van der Waals surface area contributed by atoms with E-state index in [0.29, 0.717) is 10.7 Å². The van der Waals surface area contributed by atoms with Gasteiger partial charge in [0.2, 0.25) is 0 Å². The first-order chi connectivity index (χ1) is 8.66. The van der Waals surface area contributed by atoms with E-state index >= 15 is 0 Å². The monoisotopic (exact) mass is 264 g/mol. The second-order valence-electron chi connectivity index (χ2n) is 3.10. The molecule has 0 aliphatic rings. The summed E-state index contributed by atoms with van der Waals surface area (Å²) < 4.78 is 0. The number of benzene rings is 1. The summed E-state index contributed by atoms with van der Waals surface area (Å²) in [5.74, 6) is -1.08. The summed E-state index contributed by atoms with van der Waals surface area (Å²) in [6.07, 6.45) is 1.22. The Morgan fingerprint density at radius 1 is 1.22 bits per heavy atom. The highest BCUT2D eigenvalue weighted by molar-refractivity contribution is 6.30. The van der Waals surface area contributed by atoms with Crippen LogP contribution in [0.5, 0.6) is 0 Å². The van der Waals surface area contributed by atoms with Gasteiger partial charge in [-0.3, -0.25) is 0 Å². The zero-order chi connectivity index (χ0) is 13.5. The number of carboxylic acids is 1. The number of hydrogen-bond acceptors (Lipinski definition) is 4. The molecule has 1 aromatic carbocycles. The Bertz CT molecular complexity index is 561. The topological polar surface area (TPSA) is 80.2 Å². The van der Waals surface area contributed by atoms with Crippen LogP contribution in [0.25, 0.3) is 11.3 Å². The summed E-state index contributed by atoms with van der Waals surface area (Å²) in [5, 5.41) is 9.37. The van der Waals surface area contributed by atoms with Crippen molar-refractivity contribution in [2.45, 2.75) is 0 Å². The standard InChI is InChI=1S/C11H7ClN2O2.CH2O/c12-8-3-1-2-7(4-8)9-5-10(11(15)16)14-6-13-9;1-2/h1-6H,(H,15,16);1H2. The summed E-state index contributed by atoms with van der Waals surface area (Å²) in [5.41, 5.74) is 1.26. The minimum absolute atomic E-state index is 0.0371. The maximum absolute atomic E-state index is 10.7. The van der Waals surface area contributed by atoms with E-state index in [1.165, 1.54) is 12.4 Å². The third-order valence-electron chi connectivity index (χ3n) is 2.01. The van der Waals surface area contributed by atoms with E-state index in [9.17, 15) is 4.79 Å². The molecule has 0 aliphatic heterocycles. The van der Waals surface area contributed by atoms with Crippen molar-refractivity contribution in [2.75, 3.05) is 0 Å². The van der Waals surface area contributed by atoms with E-state index in [1.807, 2.05) is 6.79 Å². The van der Waals surface area contributed by atoms with Gasteiger partial charge in [-0.25, -0.2) is 14.8 Å². The Hall–Kier alpha value is -2.27. The number of hydrogen-bond donors (Lipinski definition) is 1. The van der Waals surface area contributed by atoms with Gasteiger partial charge in [-0.05, 0) is 18.2 Å². The van der Waals surface area contributed by atoms with Crippen LogP contribution in [-0.4, -0.2) is 27.8 Å². The second kappa shape index (κ2) is 6.46. The van der Waals surface area contributed by atoms with Gasteiger partial charge in [-0.1, -0.05) is 23.7 Å². The van der Waals surface area contributed by atoms with E-state index < -0.39 is 5.97 Å². The molecular weight excluding hydrogens is 256 g/mol. The van der Waals surface area contributed by atoms with E-state index in [-0.39, 0.29) is 5.69 Å². The molecule has 18 heavy (non-hydrogen) atoms. The van der Waals surface area contributed by atoms with Gasteiger partial charge in [0.05, 0.1) is 5.69 Å². The lowest BCUT2D eigenvalue weighted by molar-refractivity contribution is -0.0980. The van der Waals surface area contributed by atoms with Gasteiger partial charge in [-0.2, -0.15) is 0 Å². The first kappa shape index (κ1) is 13.8. The van der Waals surface area contributed by atoms with Crippen LogP contribution in [0.3, 0.4) is 0 Å². The molecule has 1 N–H and O–H groups in total. The molecule has 0 spiro atoms. The molecule has 0 fully saturated rings. The summed E-state index contributed by atoms with van der Waals surface area (Å²) in [7, 11) is 0. The number of nitrogens with zero attached hydrogens (tertiary/aromatic N) is 2. The Balaban J connectivity index is 0.000000771. The predicted molar refractivity (Wildman–Crippen MR) is 66.6 cm³/mol. The van der Waals surface area contributed by atoms with Gasteiger partial charge < -0.3 is 9.90 Å². The van der Waals surface area contributed by atoms with E-state index in [1.54, 1.807) is 24.3 Å². The van der Waals surface area contributed by atoms with E-state index in [4.69, 9.17) is 21.5 Å². The van der Waals surface area contributed by atoms with Gasteiger partial charge in [0.25, 0.3) is 0 Å². The van der Waals surface area contributed by atoms with Crippen LogP contribution >= 0.6 is 11.6 Å². The number of carboxylic acid groups (broad SMARTS) is 1. The van der Waals surface area contributed by atoms with Crippen molar-refractivity contribution in [1.82, 2.24) is 9.97 Å². The third kappa shape index (κ3) is 3.36. The van der Waals surface area contributed by atoms with Crippen LogP contribution < -0.4 is 0 Å². The normalized spacial score (nSPS) is 9.17. The maximum Gasteiger partial charge on any atom is 0.354 e. The van der Waals surface area contributed by atoms with Crippen LogP contribution in [0.2, 0.25) is 5.02 Å². The molecule has 0 bridgehead atoms. The molecule has 0 aliphatic carbocycles. The fourth-order valence-corrected chi connectivity index (χ4v) is 1.47. The molecule has 0 radical (unpaired) electrons. The lowest BCUT2D eigenvalue weighted by Gasteiger charge is -2.01. The molecule has 0 saturated heterocycles. The summed E-state index contributed by atoms with van der Waals surface area (Å²) in [4.78, 5) is 26.4. The van der Waals surface area contributed by atoms with Gasteiger partial charge in [0.1, 0.15) is 13.1 Å². The minimum Gasteiger partial charge on any atom is -0.477 e. The van der Waals surface area contributed by atoms with Crippen LogP contribution in [0.1, 0.15) is 10.5 Å². The smallest absolute Gasteiger partial charge is 0.354 e. The Morgan fingerprint density at radius 2 is 1.94 bits per heavy atom. The van der Waals surface area contributed by atoms with Gasteiger partial charge in [0, 0.05) is 10.6 Å². The fraction of sp³-hybridized carbons (Fsp3) is 0. The van der Waals surface area contributed by atoms with Gasteiger partial charge in [-0.15, -0.1) is 0 Å². The lowest BCUT2D eigenvalue weighted by atomic mass is 10.1. The van der Waals surface area contributed by atoms with Crippen molar-refractivity contribution in [3.05, 3.63) is 47.4 Å². The fourth-order valence-electron chi connectivity index (χ4n) is 1.28. The first-order valence-corrected chi connectivity index (χ1v) is 5.15. The molecular formula is C12H9ClN2O3. The molecule has 5 nitrogen and oxygen atoms in total. The Kier molecular flexibility index (Phi) is 4.95. The van der Waals surface area contributed by atoms with Crippen molar-refractivity contribution >= 4 is 24.4 Å². The maximum atomic E-state index is 10.7. The number of rotatable bonds is 2. The summed E-state index contributed by atoms with van der Waals surface area (Å²) >= 11 is 5.84. The predicted octanol–water partition coefficient (Wildman–Crippen LogP) is 2.31. The number of carbonyl (C=O) groups excluding carboxylic acids is 1. The number of halogens is 1. The average molecular weight is 265 g/mol. The zero-order valence-electron chi connectivity index (χ0n) is 9.21. The molecule has 1 aromatic heterocycles. The second-order valence-corrected chi connectivity index (χ2v) is 3.54. The van der Waals surface area contributed by atoms with Crippen molar-refractivity contribution in [1.29, 1.82) is 0 Å². The molecule has 6 heteroatoms. The number of aromatic carboxylic acids is 1. The Labute approximate surface area is 108 Å². The van der Waals surface area contributed by atoms with Crippen LogP contribution in [0.4, 0.5) is 0 Å². The number of aromatic nitrogens is 2. The van der Waals surface area contributed by atoms with Crippen LogP contribution in [-0.2, 0) is 4.79 Å². The quantitative estimate of drug-likeness (QED) is 0.900. The van der Waals surface area contributed by atoms with Crippen molar-refractivity contribution in [2.24, 2.45) is 0 Å². The SMILES string of the molecule is C=O.O=C(O)c1cc(-c2cccc(Cl)c2)ncn1. The molecule has 2 rings (SSSR count). The summed E-state index contributed by atoms with van der Waals surface area (Å²) in [6.45, 7) is 2.00. The number of carbonyl (C=O) groups is 2. The zero-order valence-corrected chi connectivity index (χ0v) is 9.96. The molecule has 1 heterocycles. The van der Waals surface area contributed by atoms with Gasteiger partial charge in [0.15, 0.2) is 5.69 Å². The van der Waals surface area contributed by atoms with E-state index in [2.05, 4.69) is 9.97 Å². The highest BCUT2D eigenvalue weighted by atomic mass is 35.5. The van der Waals surface area contributed by atoms with Crippen LogP contribution in [0, 0.1) is 0 Å². The van der Waals surface area contributed by atoms with Crippen molar-refractivity contribution in [3.8, 4) is 11.3 Å². The van der Waals surface area contributed by atoms with Crippen LogP contribution in [0.15, 0.2) is 36.7 Å². The molecule has 0 amide bonds. The largest absolute Gasteiger partial charge is 0.477 e. The summed E-state index contributed by atoms with van der Waals surface area (Å²) in [6, 6.07) is 8.45. The molecule has 0 unspecified atom stereocenters. The molecule has 2 aromatic rings. The third-order valence-corrected chi connectivity index (χ3v) is 2.24. The Morgan fingerprint density at radius 3 is 2.56 bits per heavy atom. The molecule has 92 valence electrons. The highest BCUT2D eigenvalue weighted by Gasteiger charge is 2.07. The molecule has 0 atom stereocenters.